The maximum atomic E-state index is 12.5. The first-order valence-corrected chi connectivity index (χ1v) is 10.9. The molecule has 0 spiro atoms. The molecule has 0 unspecified atom stereocenters. The minimum absolute atomic E-state index is 0.160. The van der Waals surface area contributed by atoms with Crippen molar-refractivity contribution in [3.8, 4) is 0 Å². The van der Waals surface area contributed by atoms with Crippen molar-refractivity contribution in [2.45, 2.75) is 25.2 Å². The minimum atomic E-state index is -0.178. The van der Waals surface area contributed by atoms with Crippen LogP contribution in [-0.2, 0) is 17.9 Å². The van der Waals surface area contributed by atoms with E-state index in [1.807, 2.05) is 29.7 Å². The van der Waals surface area contributed by atoms with Crippen molar-refractivity contribution >= 4 is 40.9 Å². The molecule has 2 amide bonds. The number of hydrogen-bond acceptors (Lipinski definition) is 5. The van der Waals surface area contributed by atoms with E-state index in [0.717, 1.165) is 5.56 Å². The predicted molar refractivity (Wildman–Crippen MR) is 123 cm³/mol. The van der Waals surface area contributed by atoms with Crippen LogP contribution in [-0.4, -0.2) is 32.3 Å². The third-order valence-electron chi connectivity index (χ3n) is 4.36. The second kappa shape index (κ2) is 10.8. The summed E-state index contributed by atoms with van der Waals surface area (Å²) in [6.45, 7) is 6.33. The number of halogens is 1. The first-order valence-electron chi connectivity index (χ1n) is 9.53. The normalized spacial score (nSPS) is 10.5. The van der Waals surface area contributed by atoms with E-state index >= 15 is 0 Å². The molecule has 1 heterocycles. The van der Waals surface area contributed by atoms with Crippen LogP contribution < -0.4 is 10.6 Å². The molecule has 0 aliphatic rings. The summed E-state index contributed by atoms with van der Waals surface area (Å²) in [7, 11) is 0. The van der Waals surface area contributed by atoms with Crippen molar-refractivity contribution in [1.82, 2.24) is 20.1 Å². The van der Waals surface area contributed by atoms with Crippen LogP contribution >= 0.6 is 23.4 Å². The van der Waals surface area contributed by atoms with Gasteiger partial charge < -0.3 is 15.2 Å². The zero-order chi connectivity index (χ0) is 22.2. The maximum absolute atomic E-state index is 12.5. The van der Waals surface area contributed by atoms with Crippen LogP contribution in [0.25, 0.3) is 0 Å². The van der Waals surface area contributed by atoms with E-state index in [1.54, 1.807) is 36.4 Å². The van der Waals surface area contributed by atoms with Crippen molar-refractivity contribution in [2.24, 2.45) is 0 Å². The van der Waals surface area contributed by atoms with Gasteiger partial charge in [-0.25, -0.2) is 0 Å². The molecule has 7 nitrogen and oxygen atoms in total. The highest BCUT2D eigenvalue weighted by atomic mass is 35.5. The molecule has 0 saturated heterocycles. The Labute approximate surface area is 189 Å². The zero-order valence-electron chi connectivity index (χ0n) is 17.0. The summed E-state index contributed by atoms with van der Waals surface area (Å²) < 4.78 is 1.82. The number of thioether (sulfide) groups is 1. The van der Waals surface area contributed by atoms with E-state index < -0.39 is 0 Å². The summed E-state index contributed by atoms with van der Waals surface area (Å²) in [6, 6.07) is 14.3. The van der Waals surface area contributed by atoms with Crippen LogP contribution in [0, 0.1) is 6.92 Å². The van der Waals surface area contributed by atoms with Crippen molar-refractivity contribution in [3.05, 3.63) is 83.2 Å². The maximum Gasteiger partial charge on any atom is 0.251 e. The number of hydrogen-bond donors (Lipinski definition) is 2. The molecule has 9 heteroatoms. The van der Waals surface area contributed by atoms with Gasteiger partial charge in [0.2, 0.25) is 5.91 Å². The molecule has 0 atom stereocenters. The number of amides is 2. The van der Waals surface area contributed by atoms with Gasteiger partial charge in [-0.15, -0.1) is 16.8 Å². The van der Waals surface area contributed by atoms with Crippen LogP contribution in [0.4, 0.5) is 5.69 Å². The standard InChI is InChI=1S/C22H22ClN5O2S/c1-3-12-28-19(13-24-21(30)18-7-5-4-6-15(18)2)26-27-22(28)31-14-20(29)25-17-10-8-16(23)9-11-17/h3-11H,1,12-14H2,2H3,(H,24,30)(H,25,29). The monoisotopic (exact) mass is 455 g/mol. The lowest BCUT2D eigenvalue weighted by Crippen LogP contribution is -2.25. The number of aromatic nitrogens is 3. The average molecular weight is 456 g/mol. The Bertz CT molecular complexity index is 1080. The number of rotatable bonds is 9. The summed E-state index contributed by atoms with van der Waals surface area (Å²) in [6.07, 6.45) is 1.72. The van der Waals surface area contributed by atoms with Gasteiger partial charge in [-0.1, -0.05) is 47.6 Å². The second-order valence-corrected chi connectivity index (χ2v) is 8.02. The largest absolute Gasteiger partial charge is 0.345 e. The zero-order valence-corrected chi connectivity index (χ0v) is 18.5. The topological polar surface area (TPSA) is 88.9 Å². The third kappa shape index (κ3) is 6.19. The minimum Gasteiger partial charge on any atom is -0.345 e. The van der Waals surface area contributed by atoms with E-state index in [4.69, 9.17) is 11.6 Å². The fraction of sp³-hybridized carbons (Fsp3) is 0.182. The van der Waals surface area contributed by atoms with Crippen LogP contribution in [0.3, 0.4) is 0 Å². The Morgan fingerprint density at radius 1 is 1.16 bits per heavy atom. The number of anilines is 1. The van der Waals surface area contributed by atoms with Gasteiger partial charge >= 0.3 is 0 Å². The van der Waals surface area contributed by atoms with Gasteiger partial charge in [0.25, 0.3) is 5.91 Å². The number of carbonyl (C=O) groups is 2. The van der Waals surface area contributed by atoms with Crippen molar-refractivity contribution in [1.29, 1.82) is 0 Å². The van der Waals surface area contributed by atoms with Crippen molar-refractivity contribution < 1.29 is 9.59 Å². The molecule has 0 radical (unpaired) electrons. The van der Waals surface area contributed by atoms with E-state index in [-0.39, 0.29) is 24.1 Å². The molecule has 1 aromatic heterocycles. The van der Waals surface area contributed by atoms with Gasteiger partial charge in [0.1, 0.15) is 0 Å². The lowest BCUT2D eigenvalue weighted by molar-refractivity contribution is -0.113. The predicted octanol–water partition coefficient (Wildman–Crippen LogP) is 4.09. The van der Waals surface area contributed by atoms with E-state index in [0.29, 0.717) is 33.8 Å². The average Bonchev–Trinajstić information content (AvgIpc) is 3.14. The Balaban J connectivity index is 1.61. The lowest BCUT2D eigenvalue weighted by Gasteiger charge is -2.10. The molecule has 3 rings (SSSR count). The number of carbonyl (C=O) groups excluding carboxylic acids is 2. The van der Waals surface area contributed by atoms with Gasteiger partial charge in [-0.05, 0) is 42.8 Å². The first-order chi connectivity index (χ1) is 15.0. The highest BCUT2D eigenvalue weighted by Gasteiger charge is 2.15. The first kappa shape index (κ1) is 22.6. The highest BCUT2D eigenvalue weighted by molar-refractivity contribution is 7.99. The van der Waals surface area contributed by atoms with Crippen LogP contribution in [0.5, 0.6) is 0 Å². The highest BCUT2D eigenvalue weighted by Crippen LogP contribution is 2.19. The van der Waals surface area contributed by atoms with Gasteiger partial charge in [0.15, 0.2) is 11.0 Å². The molecule has 0 aliphatic carbocycles. The van der Waals surface area contributed by atoms with Gasteiger partial charge in [0, 0.05) is 22.8 Å². The molecule has 3 aromatic rings. The quantitative estimate of drug-likeness (QED) is 0.375. The van der Waals surface area contributed by atoms with Gasteiger partial charge in [-0.2, -0.15) is 0 Å². The summed E-state index contributed by atoms with van der Waals surface area (Å²) >= 11 is 7.12. The van der Waals surface area contributed by atoms with Gasteiger partial charge in [0.05, 0.1) is 12.3 Å². The SMILES string of the molecule is C=CCn1c(CNC(=O)c2ccccc2C)nnc1SCC(=O)Nc1ccc(Cl)cc1. The molecule has 0 saturated carbocycles. The molecular weight excluding hydrogens is 434 g/mol. The Kier molecular flexibility index (Phi) is 7.86. The molecule has 0 bridgehead atoms. The van der Waals surface area contributed by atoms with E-state index in [9.17, 15) is 9.59 Å². The Hall–Kier alpha value is -3.10. The number of allylic oxidation sites excluding steroid dienone is 1. The molecule has 0 aliphatic heterocycles. The van der Waals surface area contributed by atoms with Crippen LogP contribution in [0.15, 0.2) is 66.3 Å². The Morgan fingerprint density at radius 2 is 1.90 bits per heavy atom. The fourth-order valence-electron chi connectivity index (χ4n) is 2.81. The van der Waals surface area contributed by atoms with Gasteiger partial charge in [-0.3, -0.25) is 9.59 Å². The van der Waals surface area contributed by atoms with Crippen molar-refractivity contribution in [2.75, 3.05) is 11.1 Å². The smallest absolute Gasteiger partial charge is 0.251 e. The Morgan fingerprint density at radius 3 is 2.61 bits per heavy atom. The van der Waals surface area contributed by atoms with E-state index in [2.05, 4.69) is 27.4 Å². The second-order valence-electron chi connectivity index (χ2n) is 6.64. The van der Waals surface area contributed by atoms with Crippen molar-refractivity contribution in [3.63, 3.8) is 0 Å². The lowest BCUT2D eigenvalue weighted by atomic mass is 10.1. The molecule has 2 aromatic carbocycles. The summed E-state index contributed by atoms with van der Waals surface area (Å²) in [5.41, 5.74) is 2.18. The molecule has 0 fully saturated rings. The molecular formula is C22H22ClN5O2S. The molecule has 2 N–H and O–H groups in total. The molecule has 160 valence electrons. The third-order valence-corrected chi connectivity index (χ3v) is 5.58. The summed E-state index contributed by atoms with van der Waals surface area (Å²) in [5.74, 6) is 0.396. The summed E-state index contributed by atoms with van der Waals surface area (Å²) in [4.78, 5) is 24.7. The number of aryl methyl sites for hydroxylation is 1. The van der Waals surface area contributed by atoms with Crippen LogP contribution in [0.1, 0.15) is 21.7 Å². The number of nitrogens with one attached hydrogen (secondary N) is 2. The van der Waals surface area contributed by atoms with Crippen LogP contribution in [0.2, 0.25) is 5.02 Å². The molecule has 31 heavy (non-hydrogen) atoms. The summed E-state index contributed by atoms with van der Waals surface area (Å²) in [5, 5.41) is 15.2. The number of benzene rings is 2. The van der Waals surface area contributed by atoms with E-state index in [1.165, 1.54) is 11.8 Å². The fourth-order valence-corrected chi connectivity index (χ4v) is 3.70. The number of nitrogens with zero attached hydrogens (tertiary/aromatic N) is 3.